The van der Waals surface area contributed by atoms with E-state index in [-0.39, 0.29) is 44.2 Å². The van der Waals surface area contributed by atoms with Crippen molar-refractivity contribution < 1.29 is 37.1 Å². The lowest BCUT2D eigenvalue weighted by molar-refractivity contribution is -0.137. The van der Waals surface area contributed by atoms with Crippen LogP contribution in [0.25, 0.3) is 11.1 Å². The van der Waals surface area contributed by atoms with Gasteiger partial charge in [-0.25, -0.2) is 4.98 Å². The van der Waals surface area contributed by atoms with Crippen LogP contribution in [-0.4, -0.2) is 58.6 Å². The highest BCUT2D eigenvalue weighted by atomic mass is 31.1. The van der Waals surface area contributed by atoms with Crippen molar-refractivity contribution in [3.05, 3.63) is 65.6 Å². The van der Waals surface area contributed by atoms with Gasteiger partial charge in [-0.15, -0.1) is 0 Å². The number of aryl methyl sites for hydroxylation is 1. The highest BCUT2D eigenvalue weighted by molar-refractivity contribution is 7.22. The zero-order chi connectivity index (χ0) is 31.9. The molecular weight excluding hydrogens is 602 g/mol. The molecule has 0 saturated carbocycles. The number of carbonyl (C=O) groups excluding carboxylic acids is 1. The van der Waals surface area contributed by atoms with Crippen molar-refractivity contribution >= 4 is 37.5 Å². The standard InChI is InChI=1S/C28H29F3N7O5P/c1-32-26(40)23-21(8-6-18(24(23)43-3)17-12-34-38(14-17)9-4-10-39)35-25-19(28(29,30)31)13-33-27(37-25)36-20-7-5-16(15-44-41)11-22(20)42-2/h5-8,11-14,39H,4,9-10,15H2,1-3H3,(H,32,40)(H2,33,35,36,37). The minimum atomic E-state index is -4.84. The number of halogens is 3. The first-order valence-electron chi connectivity index (χ1n) is 13.1. The number of carbonyl (C=O) groups is 1. The summed E-state index contributed by atoms with van der Waals surface area (Å²) in [4.78, 5) is 21.0. The minimum Gasteiger partial charge on any atom is -0.495 e. The highest BCUT2D eigenvalue weighted by Crippen LogP contribution is 2.41. The average Bonchev–Trinajstić information content (AvgIpc) is 3.48. The van der Waals surface area contributed by atoms with Gasteiger partial charge < -0.3 is 30.5 Å². The second-order valence-electron chi connectivity index (χ2n) is 9.24. The second kappa shape index (κ2) is 14.1. The third-order valence-corrected chi connectivity index (χ3v) is 6.91. The number of ether oxygens (including phenoxy) is 2. The fourth-order valence-corrected chi connectivity index (χ4v) is 4.68. The Kier molecular flexibility index (Phi) is 10.3. The summed E-state index contributed by atoms with van der Waals surface area (Å²) in [5, 5.41) is 21.4. The van der Waals surface area contributed by atoms with E-state index in [1.807, 2.05) is 0 Å². The Labute approximate surface area is 251 Å². The lowest BCUT2D eigenvalue weighted by Gasteiger charge is -2.19. The summed E-state index contributed by atoms with van der Waals surface area (Å²) in [6, 6.07) is 7.95. The molecule has 4 rings (SSSR count). The fourth-order valence-electron chi connectivity index (χ4n) is 4.34. The lowest BCUT2D eigenvalue weighted by Crippen LogP contribution is -2.21. The summed E-state index contributed by atoms with van der Waals surface area (Å²) < 4.78 is 65.8. The van der Waals surface area contributed by atoms with E-state index in [1.165, 1.54) is 27.3 Å². The van der Waals surface area contributed by atoms with Gasteiger partial charge >= 0.3 is 6.18 Å². The molecule has 0 radical (unpaired) electrons. The van der Waals surface area contributed by atoms with E-state index >= 15 is 0 Å². The molecule has 2 heterocycles. The average molecular weight is 632 g/mol. The smallest absolute Gasteiger partial charge is 0.421 e. The first-order chi connectivity index (χ1) is 21.1. The van der Waals surface area contributed by atoms with Crippen LogP contribution < -0.4 is 25.4 Å². The molecule has 0 atom stereocenters. The summed E-state index contributed by atoms with van der Waals surface area (Å²) in [6.45, 7) is 0.447. The van der Waals surface area contributed by atoms with Gasteiger partial charge in [0.05, 0.1) is 38.0 Å². The molecule has 0 bridgehead atoms. The second-order valence-corrected chi connectivity index (χ2v) is 9.82. The predicted octanol–water partition coefficient (Wildman–Crippen LogP) is 5.40. The Balaban J connectivity index is 1.77. The van der Waals surface area contributed by atoms with Crippen molar-refractivity contribution in [1.29, 1.82) is 0 Å². The molecular formula is C28H29F3N7O5P. The van der Waals surface area contributed by atoms with Gasteiger partial charge in [0.2, 0.25) is 5.95 Å². The summed E-state index contributed by atoms with van der Waals surface area (Å²) in [6.07, 6.45) is -0.204. The molecule has 2 aromatic carbocycles. The number of hydrogen-bond donors (Lipinski definition) is 4. The Bertz CT molecular complexity index is 1650. The number of hydrogen-bond acceptors (Lipinski definition) is 10. The van der Waals surface area contributed by atoms with Gasteiger partial charge in [0.25, 0.3) is 5.91 Å². The molecule has 0 unspecified atom stereocenters. The fraction of sp³-hybridized carbons (Fsp3) is 0.286. The van der Waals surface area contributed by atoms with Crippen LogP contribution in [0.1, 0.15) is 27.9 Å². The van der Waals surface area contributed by atoms with Crippen LogP contribution in [0.4, 0.5) is 36.3 Å². The van der Waals surface area contributed by atoms with Crippen LogP contribution in [0, 0.1) is 0 Å². The SMILES string of the molecule is CNC(=O)c1c(Nc2nc(Nc3ccc(CP=O)cc3OC)ncc2C(F)(F)F)ccc(-c2cnn(CCCO)c2)c1OC. The van der Waals surface area contributed by atoms with E-state index in [4.69, 9.17) is 14.6 Å². The number of nitrogens with one attached hydrogen (secondary N) is 3. The third-order valence-electron chi connectivity index (χ3n) is 6.41. The normalized spacial score (nSPS) is 11.3. The van der Waals surface area contributed by atoms with Gasteiger partial charge in [-0.3, -0.25) is 14.0 Å². The number of benzene rings is 2. The van der Waals surface area contributed by atoms with Crippen LogP contribution >= 0.6 is 8.46 Å². The molecule has 12 nitrogen and oxygen atoms in total. The van der Waals surface area contributed by atoms with Crippen LogP contribution in [0.15, 0.2) is 48.9 Å². The van der Waals surface area contributed by atoms with E-state index in [1.54, 1.807) is 41.3 Å². The molecule has 2 aromatic heterocycles. The molecule has 4 N–H and O–H groups in total. The van der Waals surface area contributed by atoms with Crippen LogP contribution in [0.2, 0.25) is 0 Å². The van der Waals surface area contributed by atoms with Gasteiger partial charge in [-0.05, 0) is 36.2 Å². The van der Waals surface area contributed by atoms with E-state index < -0.39 is 23.5 Å². The zero-order valence-corrected chi connectivity index (χ0v) is 24.8. The number of anilines is 4. The molecule has 0 aliphatic carbocycles. The number of methoxy groups -OCH3 is 2. The maximum atomic E-state index is 14.1. The maximum absolute atomic E-state index is 14.1. The van der Waals surface area contributed by atoms with Crippen molar-refractivity contribution in [3.63, 3.8) is 0 Å². The summed E-state index contributed by atoms with van der Waals surface area (Å²) in [7, 11) is 4.06. The molecule has 44 heavy (non-hydrogen) atoms. The van der Waals surface area contributed by atoms with Crippen molar-refractivity contribution in [2.75, 3.05) is 38.5 Å². The first-order valence-corrected chi connectivity index (χ1v) is 14.1. The van der Waals surface area contributed by atoms with Crippen LogP contribution in [0.3, 0.4) is 0 Å². The molecule has 0 aliphatic rings. The van der Waals surface area contributed by atoms with E-state index in [9.17, 15) is 22.5 Å². The molecule has 0 spiro atoms. The predicted molar refractivity (Wildman–Crippen MR) is 157 cm³/mol. The molecule has 0 fully saturated rings. The van der Waals surface area contributed by atoms with Crippen molar-refractivity contribution in [3.8, 4) is 22.6 Å². The monoisotopic (exact) mass is 631 g/mol. The zero-order valence-electron chi connectivity index (χ0n) is 23.9. The Morgan fingerprint density at radius 2 is 1.86 bits per heavy atom. The Morgan fingerprint density at radius 1 is 1.09 bits per heavy atom. The lowest BCUT2D eigenvalue weighted by atomic mass is 10.0. The molecule has 16 heteroatoms. The molecule has 1 amide bonds. The summed E-state index contributed by atoms with van der Waals surface area (Å²) in [5.74, 6) is -0.992. The number of aromatic nitrogens is 4. The summed E-state index contributed by atoms with van der Waals surface area (Å²) in [5.41, 5.74) is 0.905. The van der Waals surface area contributed by atoms with Gasteiger partial charge in [0.15, 0.2) is 8.46 Å². The maximum Gasteiger partial charge on any atom is 0.421 e. The molecule has 0 saturated heterocycles. The van der Waals surface area contributed by atoms with Crippen LogP contribution in [0.5, 0.6) is 11.5 Å². The summed E-state index contributed by atoms with van der Waals surface area (Å²) >= 11 is 0. The third kappa shape index (κ3) is 7.24. The quantitative estimate of drug-likeness (QED) is 0.141. The van der Waals surface area contributed by atoms with Crippen molar-refractivity contribution in [1.82, 2.24) is 25.1 Å². The van der Waals surface area contributed by atoms with E-state index in [0.717, 1.165) is 5.56 Å². The first kappa shape index (κ1) is 32.2. The van der Waals surface area contributed by atoms with E-state index in [2.05, 4.69) is 31.0 Å². The largest absolute Gasteiger partial charge is 0.495 e. The number of aliphatic hydroxyl groups is 1. The van der Waals surface area contributed by atoms with Crippen molar-refractivity contribution in [2.45, 2.75) is 25.3 Å². The number of amides is 1. The van der Waals surface area contributed by atoms with E-state index in [0.29, 0.717) is 41.7 Å². The van der Waals surface area contributed by atoms with Gasteiger partial charge in [-0.1, -0.05) is 6.07 Å². The topological polar surface area (TPSA) is 153 Å². The van der Waals surface area contributed by atoms with Gasteiger partial charge in [0.1, 0.15) is 28.4 Å². The number of rotatable bonds is 13. The molecule has 4 aromatic rings. The number of alkyl halides is 3. The minimum absolute atomic E-state index is 0.00788. The van der Waals surface area contributed by atoms with Crippen molar-refractivity contribution in [2.24, 2.45) is 0 Å². The number of aliphatic hydroxyl groups excluding tert-OH is 1. The van der Waals surface area contributed by atoms with Crippen LogP contribution in [-0.2, 0) is 23.4 Å². The molecule has 232 valence electrons. The molecule has 0 aliphatic heterocycles. The highest BCUT2D eigenvalue weighted by Gasteiger charge is 2.36. The Morgan fingerprint density at radius 3 is 2.52 bits per heavy atom. The van der Waals surface area contributed by atoms with Gasteiger partial charge in [-0.2, -0.15) is 23.3 Å². The van der Waals surface area contributed by atoms with Gasteiger partial charge in [0, 0.05) is 43.7 Å². The Hall–Kier alpha value is -4.75. The number of nitrogens with zero attached hydrogens (tertiary/aromatic N) is 4.